The zero-order valence-corrected chi connectivity index (χ0v) is 10.8. The molecule has 0 saturated carbocycles. The fourth-order valence-corrected chi connectivity index (χ4v) is 2.71. The van der Waals surface area contributed by atoms with Crippen molar-refractivity contribution in [1.29, 1.82) is 0 Å². The van der Waals surface area contributed by atoms with Gasteiger partial charge >= 0.3 is 0 Å². The topological polar surface area (TPSA) is 89.6 Å². The number of aromatic nitrogens is 4. The van der Waals surface area contributed by atoms with Crippen LogP contribution in [0.2, 0.25) is 0 Å². The number of aromatic amines is 2. The highest BCUT2D eigenvalue weighted by molar-refractivity contribution is 5.97. The van der Waals surface area contributed by atoms with Crippen LogP contribution in [-0.2, 0) is 0 Å². The molecule has 0 fully saturated rings. The van der Waals surface area contributed by atoms with Crippen LogP contribution < -0.4 is 5.32 Å². The van der Waals surface area contributed by atoms with Crippen LogP contribution in [0.25, 0.3) is 16.7 Å². The fourth-order valence-electron chi connectivity index (χ4n) is 2.71. The number of H-pyrrole nitrogens is 2. The number of nitrogens with one attached hydrogen (secondary N) is 3. The lowest BCUT2D eigenvalue weighted by Crippen LogP contribution is -2.15. The minimum Gasteiger partial charge on any atom is -0.507 e. The molecule has 4 N–H and O–H groups in total. The van der Waals surface area contributed by atoms with E-state index in [1.54, 1.807) is 18.5 Å². The molecular weight excluding hydrogens is 254 g/mol. The highest BCUT2D eigenvalue weighted by Gasteiger charge is 2.23. The van der Waals surface area contributed by atoms with Crippen LogP contribution in [0.15, 0.2) is 30.6 Å². The third-order valence-electron chi connectivity index (χ3n) is 3.72. The molecule has 2 aromatic heterocycles. The van der Waals surface area contributed by atoms with Gasteiger partial charge in [0.1, 0.15) is 5.76 Å². The molecule has 1 aliphatic heterocycles. The molecule has 1 unspecified atom stereocenters. The number of benzene rings is 1. The molecule has 4 rings (SSSR count). The summed E-state index contributed by atoms with van der Waals surface area (Å²) in [6.45, 7) is 1.96. The van der Waals surface area contributed by atoms with Crippen LogP contribution >= 0.6 is 0 Å². The summed E-state index contributed by atoms with van der Waals surface area (Å²) in [6.07, 6.45) is 5.30. The average molecular weight is 267 g/mol. The van der Waals surface area contributed by atoms with Crippen molar-refractivity contribution in [2.75, 3.05) is 5.32 Å². The summed E-state index contributed by atoms with van der Waals surface area (Å²) in [6, 6.07) is 3.80. The van der Waals surface area contributed by atoms with E-state index in [2.05, 4.69) is 25.7 Å². The number of anilines is 1. The van der Waals surface area contributed by atoms with E-state index >= 15 is 0 Å². The van der Waals surface area contributed by atoms with E-state index in [0.29, 0.717) is 0 Å². The summed E-state index contributed by atoms with van der Waals surface area (Å²) in [5.41, 5.74) is 4.59. The van der Waals surface area contributed by atoms with Crippen molar-refractivity contribution in [2.45, 2.75) is 13.0 Å². The predicted octanol–water partition coefficient (Wildman–Crippen LogP) is 2.66. The van der Waals surface area contributed by atoms with Gasteiger partial charge in [-0.15, -0.1) is 0 Å². The van der Waals surface area contributed by atoms with Crippen LogP contribution in [0, 0.1) is 6.92 Å². The van der Waals surface area contributed by atoms with Gasteiger partial charge < -0.3 is 10.4 Å². The van der Waals surface area contributed by atoms with Crippen LogP contribution in [0.5, 0.6) is 0 Å². The zero-order valence-electron chi connectivity index (χ0n) is 10.8. The first-order chi connectivity index (χ1) is 9.74. The van der Waals surface area contributed by atoms with Gasteiger partial charge in [-0.25, -0.2) is 0 Å². The average Bonchev–Trinajstić information content (AvgIpc) is 3.06. The first-order valence-corrected chi connectivity index (χ1v) is 6.37. The lowest BCUT2D eigenvalue weighted by molar-refractivity contribution is 0.507. The number of hydrogen-bond acceptors (Lipinski definition) is 4. The number of nitrogens with zero attached hydrogens (tertiary/aromatic N) is 2. The lowest BCUT2D eigenvalue weighted by Gasteiger charge is -2.24. The van der Waals surface area contributed by atoms with Crippen LogP contribution in [0.4, 0.5) is 5.69 Å². The molecular formula is C14H13N5O. The summed E-state index contributed by atoms with van der Waals surface area (Å²) < 4.78 is 0. The van der Waals surface area contributed by atoms with Crippen molar-refractivity contribution >= 4 is 22.3 Å². The molecule has 20 heavy (non-hydrogen) atoms. The van der Waals surface area contributed by atoms with E-state index in [1.165, 1.54) is 0 Å². The Hall–Kier alpha value is -2.76. The Bertz CT molecular complexity index is 829. The normalized spacial score (nSPS) is 17.6. The quantitative estimate of drug-likeness (QED) is 0.545. The van der Waals surface area contributed by atoms with Crippen LogP contribution in [0.3, 0.4) is 0 Å². The van der Waals surface area contributed by atoms with Gasteiger partial charge in [-0.05, 0) is 25.1 Å². The van der Waals surface area contributed by atoms with E-state index in [9.17, 15) is 5.11 Å². The van der Waals surface area contributed by atoms with E-state index in [0.717, 1.165) is 33.4 Å². The summed E-state index contributed by atoms with van der Waals surface area (Å²) >= 11 is 0. The summed E-state index contributed by atoms with van der Waals surface area (Å²) in [4.78, 5) is 0. The van der Waals surface area contributed by atoms with Gasteiger partial charge in [-0.1, -0.05) is 0 Å². The molecule has 3 aromatic rings. The summed E-state index contributed by atoms with van der Waals surface area (Å²) in [5.74, 6) is 0.261. The maximum Gasteiger partial charge on any atom is 0.124 e. The minimum absolute atomic E-state index is 0.0920. The lowest BCUT2D eigenvalue weighted by atomic mass is 9.97. The van der Waals surface area contributed by atoms with Gasteiger partial charge in [-0.2, -0.15) is 10.2 Å². The van der Waals surface area contributed by atoms with E-state index < -0.39 is 0 Å². The molecule has 1 aliphatic rings. The van der Waals surface area contributed by atoms with Gasteiger partial charge in [0, 0.05) is 22.3 Å². The van der Waals surface area contributed by atoms with E-state index in [4.69, 9.17) is 0 Å². The van der Waals surface area contributed by atoms with Gasteiger partial charge in [0.2, 0.25) is 0 Å². The largest absolute Gasteiger partial charge is 0.507 e. The second kappa shape index (κ2) is 3.86. The molecule has 0 radical (unpaired) electrons. The first-order valence-electron chi connectivity index (χ1n) is 6.37. The molecule has 1 aromatic carbocycles. The smallest absolute Gasteiger partial charge is 0.124 e. The van der Waals surface area contributed by atoms with E-state index in [-0.39, 0.29) is 11.8 Å². The Kier molecular flexibility index (Phi) is 2.14. The Morgan fingerprint density at radius 1 is 1.15 bits per heavy atom. The van der Waals surface area contributed by atoms with E-state index in [1.807, 2.05) is 19.1 Å². The number of aliphatic hydroxyl groups excluding tert-OH is 1. The Labute approximate surface area is 114 Å². The molecule has 1 atom stereocenters. The second-order valence-corrected chi connectivity index (χ2v) is 4.94. The van der Waals surface area contributed by atoms with Crippen molar-refractivity contribution in [1.82, 2.24) is 20.4 Å². The highest BCUT2D eigenvalue weighted by atomic mass is 16.3. The monoisotopic (exact) mass is 267 g/mol. The number of fused-ring (bicyclic) bond motifs is 3. The third kappa shape index (κ3) is 1.45. The second-order valence-electron chi connectivity index (χ2n) is 4.94. The molecule has 6 heteroatoms. The fraction of sp³-hybridized carbons (Fsp3) is 0.143. The number of hydrogen-bond donors (Lipinski definition) is 4. The van der Waals surface area contributed by atoms with Crippen molar-refractivity contribution < 1.29 is 5.11 Å². The Morgan fingerprint density at radius 2 is 2.00 bits per heavy atom. The number of rotatable bonds is 1. The molecule has 0 bridgehead atoms. The molecule has 0 saturated heterocycles. The number of aliphatic hydroxyl groups is 1. The zero-order chi connectivity index (χ0) is 13.7. The Morgan fingerprint density at radius 3 is 2.80 bits per heavy atom. The summed E-state index contributed by atoms with van der Waals surface area (Å²) in [5, 5.41) is 28.6. The molecule has 3 heterocycles. The van der Waals surface area contributed by atoms with Gasteiger partial charge in [0.15, 0.2) is 0 Å². The standard InChI is InChI=1S/C14H13N5O/c1-7-8(5-15-18-7)12-4-13(20)14-9-6-16-19-10(9)2-3-11(14)17-12/h2-6,12,17,20H,1H3,(H,15,18)(H,16,19). The van der Waals surface area contributed by atoms with Gasteiger partial charge in [-0.3, -0.25) is 10.2 Å². The Balaban J connectivity index is 1.88. The van der Waals surface area contributed by atoms with Crippen molar-refractivity contribution in [3.8, 4) is 0 Å². The minimum atomic E-state index is -0.0920. The molecule has 0 spiro atoms. The molecule has 0 aliphatic carbocycles. The van der Waals surface area contributed by atoms with Crippen molar-refractivity contribution in [3.05, 3.63) is 47.4 Å². The predicted molar refractivity (Wildman–Crippen MR) is 76.4 cm³/mol. The molecule has 0 amide bonds. The van der Waals surface area contributed by atoms with Crippen molar-refractivity contribution in [3.63, 3.8) is 0 Å². The maximum atomic E-state index is 10.4. The molecule has 6 nitrogen and oxygen atoms in total. The SMILES string of the molecule is Cc1[nH]ncc1C1C=C(O)c2c(ccc3[nH]ncc23)N1. The maximum absolute atomic E-state index is 10.4. The molecule has 100 valence electrons. The summed E-state index contributed by atoms with van der Waals surface area (Å²) in [7, 11) is 0. The van der Waals surface area contributed by atoms with Crippen LogP contribution in [0.1, 0.15) is 22.9 Å². The third-order valence-corrected chi connectivity index (χ3v) is 3.72. The van der Waals surface area contributed by atoms with Crippen LogP contribution in [-0.4, -0.2) is 25.5 Å². The first kappa shape index (κ1) is 11.1. The highest BCUT2D eigenvalue weighted by Crippen LogP contribution is 2.38. The van der Waals surface area contributed by atoms with Gasteiger partial charge in [0.25, 0.3) is 0 Å². The van der Waals surface area contributed by atoms with Gasteiger partial charge in [0.05, 0.1) is 29.5 Å². The number of aryl methyl sites for hydroxylation is 1. The van der Waals surface area contributed by atoms with Crippen molar-refractivity contribution in [2.24, 2.45) is 0 Å².